The lowest BCUT2D eigenvalue weighted by Crippen LogP contribution is -2.27. The van der Waals surface area contributed by atoms with Gasteiger partial charge in [0.05, 0.1) is 13.3 Å². The van der Waals surface area contributed by atoms with E-state index in [4.69, 9.17) is 21.1 Å². The van der Waals surface area contributed by atoms with Crippen LogP contribution in [0.15, 0.2) is 54.7 Å². The summed E-state index contributed by atoms with van der Waals surface area (Å²) >= 11 is 5.86. The molecule has 3 rings (SSSR count). The van der Waals surface area contributed by atoms with Gasteiger partial charge in [0.25, 0.3) is 0 Å². The van der Waals surface area contributed by atoms with E-state index in [1.807, 2.05) is 0 Å². The number of halogens is 4. The molecule has 0 aliphatic carbocycles. The Labute approximate surface area is 180 Å². The van der Waals surface area contributed by atoms with Gasteiger partial charge in [0.2, 0.25) is 5.95 Å². The van der Waals surface area contributed by atoms with Crippen molar-refractivity contribution in [2.24, 2.45) is 0 Å². The van der Waals surface area contributed by atoms with E-state index in [0.717, 1.165) is 6.20 Å². The van der Waals surface area contributed by atoms with Crippen LogP contribution in [0.5, 0.6) is 11.5 Å². The molecule has 0 radical (unpaired) electrons. The average molecular weight is 453 g/mol. The topological polar surface area (TPSA) is 85.4 Å². The zero-order chi connectivity index (χ0) is 22.4. The SMILES string of the molecule is COc1ccc(CNC(=O)Oc2cnc(Nc3cccc(Cl)c3)nc2C(F)(F)F)cc1. The maximum atomic E-state index is 13.4. The zero-order valence-corrected chi connectivity index (χ0v) is 16.8. The quantitative estimate of drug-likeness (QED) is 0.535. The van der Waals surface area contributed by atoms with Gasteiger partial charge in [-0.25, -0.2) is 14.8 Å². The molecule has 1 heterocycles. The van der Waals surface area contributed by atoms with Crippen LogP contribution < -0.4 is 20.1 Å². The summed E-state index contributed by atoms with van der Waals surface area (Å²) in [7, 11) is 1.51. The summed E-state index contributed by atoms with van der Waals surface area (Å²) in [5, 5.41) is 5.37. The number of carbonyl (C=O) groups is 1. The maximum Gasteiger partial charge on any atom is 0.437 e. The number of alkyl halides is 3. The van der Waals surface area contributed by atoms with Gasteiger partial charge in [-0.3, -0.25) is 0 Å². The first-order valence-electron chi connectivity index (χ1n) is 8.80. The first-order chi connectivity index (χ1) is 14.7. The van der Waals surface area contributed by atoms with Gasteiger partial charge >= 0.3 is 12.3 Å². The molecule has 162 valence electrons. The molecule has 0 bridgehead atoms. The molecule has 2 aromatic carbocycles. The van der Waals surface area contributed by atoms with Crippen molar-refractivity contribution in [2.45, 2.75) is 12.7 Å². The Bertz CT molecular complexity index is 1060. The first kappa shape index (κ1) is 22.2. The summed E-state index contributed by atoms with van der Waals surface area (Å²) < 4.78 is 50.1. The van der Waals surface area contributed by atoms with Gasteiger partial charge in [-0.2, -0.15) is 13.2 Å². The normalized spacial score (nSPS) is 11.0. The number of benzene rings is 2. The molecule has 0 saturated carbocycles. The number of aromatic nitrogens is 2. The second kappa shape index (κ2) is 9.52. The maximum absolute atomic E-state index is 13.4. The lowest BCUT2D eigenvalue weighted by atomic mass is 10.2. The Morgan fingerprint density at radius 3 is 2.55 bits per heavy atom. The van der Waals surface area contributed by atoms with Crippen molar-refractivity contribution in [1.29, 1.82) is 0 Å². The van der Waals surface area contributed by atoms with Crippen LogP contribution in [0.1, 0.15) is 11.3 Å². The minimum absolute atomic E-state index is 0.0411. The molecule has 2 N–H and O–H groups in total. The number of anilines is 2. The molecule has 3 aromatic rings. The molecule has 0 fully saturated rings. The van der Waals surface area contributed by atoms with E-state index < -0.39 is 23.7 Å². The first-order valence-corrected chi connectivity index (χ1v) is 9.18. The molecule has 0 unspecified atom stereocenters. The second-order valence-corrected chi connectivity index (χ2v) is 6.57. The molecular formula is C20H16ClF3N4O3. The molecule has 7 nitrogen and oxygen atoms in total. The summed E-state index contributed by atoms with van der Waals surface area (Å²) in [4.78, 5) is 19.2. The molecule has 1 aromatic heterocycles. The summed E-state index contributed by atoms with van der Waals surface area (Å²) in [6.45, 7) is 0.0411. The van der Waals surface area contributed by atoms with Crippen molar-refractivity contribution in [3.63, 3.8) is 0 Å². The van der Waals surface area contributed by atoms with Crippen LogP contribution in [0.25, 0.3) is 0 Å². The lowest BCUT2D eigenvalue weighted by molar-refractivity contribution is -0.142. The fourth-order valence-corrected chi connectivity index (χ4v) is 2.65. The van der Waals surface area contributed by atoms with Gasteiger partial charge in [-0.15, -0.1) is 0 Å². The van der Waals surface area contributed by atoms with Gasteiger partial charge in [0, 0.05) is 17.3 Å². The summed E-state index contributed by atoms with van der Waals surface area (Å²) in [5.41, 5.74) is -0.302. The molecule has 0 atom stereocenters. The third kappa shape index (κ3) is 6.22. The van der Waals surface area contributed by atoms with Crippen LogP contribution in [0.3, 0.4) is 0 Å². The smallest absolute Gasteiger partial charge is 0.437 e. The fourth-order valence-electron chi connectivity index (χ4n) is 2.46. The van der Waals surface area contributed by atoms with E-state index in [0.29, 0.717) is 22.0 Å². The van der Waals surface area contributed by atoms with E-state index in [-0.39, 0.29) is 12.5 Å². The van der Waals surface area contributed by atoms with Gasteiger partial charge in [-0.1, -0.05) is 29.8 Å². The minimum Gasteiger partial charge on any atom is -0.497 e. The van der Waals surface area contributed by atoms with Crippen molar-refractivity contribution in [2.75, 3.05) is 12.4 Å². The van der Waals surface area contributed by atoms with E-state index in [2.05, 4.69) is 20.6 Å². The largest absolute Gasteiger partial charge is 0.497 e. The van der Waals surface area contributed by atoms with Crippen LogP contribution >= 0.6 is 11.6 Å². The Morgan fingerprint density at radius 1 is 1.16 bits per heavy atom. The number of methoxy groups -OCH3 is 1. The van der Waals surface area contributed by atoms with Crippen molar-refractivity contribution in [3.05, 3.63) is 71.0 Å². The van der Waals surface area contributed by atoms with Crippen LogP contribution in [0, 0.1) is 0 Å². The predicted octanol–water partition coefficient (Wildman–Crippen LogP) is 5.19. The highest BCUT2D eigenvalue weighted by molar-refractivity contribution is 6.30. The number of ether oxygens (including phenoxy) is 2. The Balaban J connectivity index is 1.71. The average Bonchev–Trinajstić information content (AvgIpc) is 2.73. The number of rotatable bonds is 6. The molecule has 0 aliphatic rings. The van der Waals surface area contributed by atoms with Gasteiger partial charge in [-0.05, 0) is 35.9 Å². The molecular weight excluding hydrogens is 437 g/mol. The molecule has 0 spiro atoms. The van der Waals surface area contributed by atoms with Gasteiger partial charge < -0.3 is 20.1 Å². The van der Waals surface area contributed by atoms with Crippen molar-refractivity contribution < 1.29 is 27.4 Å². The number of hydrogen-bond acceptors (Lipinski definition) is 6. The van der Waals surface area contributed by atoms with Crippen molar-refractivity contribution in [1.82, 2.24) is 15.3 Å². The molecule has 11 heteroatoms. The summed E-state index contributed by atoms with van der Waals surface area (Å²) in [5.74, 6) is -0.526. The number of carbonyl (C=O) groups excluding carboxylic acids is 1. The van der Waals surface area contributed by atoms with E-state index in [1.54, 1.807) is 42.5 Å². The van der Waals surface area contributed by atoms with Gasteiger partial charge in [0.1, 0.15) is 5.75 Å². The Kier molecular flexibility index (Phi) is 6.81. The van der Waals surface area contributed by atoms with Crippen LogP contribution in [-0.4, -0.2) is 23.2 Å². The van der Waals surface area contributed by atoms with E-state index in [1.165, 1.54) is 13.2 Å². The Hall–Kier alpha value is -3.53. The fraction of sp³-hybridized carbons (Fsp3) is 0.150. The monoisotopic (exact) mass is 452 g/mol. The highest BCUT2D eigenvalue weighted by atomic mass is 35.5. The minimum atomic E-state index is -4.88. The lowest BCUT2D eigenvalue weighted by Gasteiger charge is -2.14. The molecule has 0 saturated heterocycles. The van der Waals surface area contributed by atoms with Crippen LogP contribution in [0.2, 0.25) is 5.02 Å². The highest BCUT2D eigenvalue weighted by Crippen LogP contribution is 2.35. The highest BCUT2D eigenvalue weighted by Gasteiger charge is 2.38. The summed E-state index contributed by atoms with van der Waals surface area (Å²) in [6, 6.07) is 13.1. The van der Waals surface area contributed by atoms with Gasteiger partial charge in [0.15, 0.2) is 11.4 Å². The molecule has 0 aliphatic heterocycles. The second-order valence-electron chi connectivity index (χ2n) is 6.13. The third-order valence-corrected chi connectivity index (χ3v) is 4.14. The standard InChI is InChI=1S/C20H16ClF3N4O3/c1-30-15-7-5-12(6-8-15)10-26-19(29)31-16-11-25-18(28-17(16)20(22,23)24)27-14-4-2-3-13(21)9-14/h2-9,11H,10H2,1H3,(H,26,29)(H,25,27,28). The van der Waals surface area contributed by atoms with Crippen molar-refractivity contribution >= 4 is 29.3 Å². The number of nitrogens with zero attached hydrogens (tertiary/aromatic N) is 2. The third-order valence-electron chi connectivity index (χ3n) is 3.90. The molecule has 31 heavy (non-hydrogen) atoms. The number of amides is 1. The Morgan fingerprint density at radius 2 is 1.90 bits per heavy atom. The van der Waals surface area contributed by atoms with E-state index in [9.17, 15) is 18.0 Å². The van der Waals surface area contributed by atoms with Crippen molar-refractivity contribution in [3.8, 4) is 11.5 Å². The summed E-state index contributed by atoms with van der Waals surface area (Å²) in [6.07, 6.45) is -5.19. The zero-order valence-electron chi connectivity index (χ0n) is 16.0. The number of nitrogens with one attached hydrogen (secondary N) is 2. The predicted molar refractivity (Wildman–Crippen MR) is 108 cm³/mol. The van der Waals surface area contributed by atoms with E-state index >= 15 is 0 Å². The molecule has 1 amide bonds. The number of hydrogen-bond donors (Lipinski definition) is 2. The van der Waals surface area contributed by atoms with Crippen LogP contribution in [-0.2, 0) is 12.7 Å². The van der Waals surface area contributed by atoms with Crippen LogP contribution in [0.4, 0.5) is 29.6 Å².